The Balaban J connectivity index is 0.00000180. The molecule has 0 bridgehead atoms. The zero-order chi connectivity index (χ0) is 17.5. The molecule has 0 saturated heterocycles. The molecular formula is C25H16IrN-. The average Bonchev–Trinajstić information content (AvgIpc) is 3.13. The van der Waals surface area contributed by atoms with Gasteiger partial charge in [0.25, 0.3) is 0 Å². The van der Waals surface area contributed by atoms with E-state index in [1.807, 2.05) is 12.1 Å². The smallest absolute Gasteiger partial charge is 0.0607 e. The van der Waals surface area contributed by atoms with E-state index >= 15 is 0 Å². The van der Waals surface area contributed by atoms with Gasteiger partial charge in [-0.15, -0.1) is 35.4 Å². The number of pyridine rings is 1. The molecule has 0 saturated carbocycles. The van der Waals surface area contributed by atoms with Gasteiger partial charge in [0.1, 0.15) is 0 Å². The normalized spacial score (nSPS) is 11.4. The fourth-order valence-corrected chi connectivity index (χ4v) is 3.54. The molecule has 0 aliphatic heterocycles. The van der Waals surface area contributed by atoms with E-state index in [2.05, 4.69) is 85.5 Å². The molecule has 0 amide bonds. The molecule has 1 aromatic heterocycles. The maximum atomic E-state index is 4.88. The first-order valence-electron chi connectivity index (χ1n) is 8.69. The Morgan fingerprint density at radius 3 is 2.48 bits per heavy atom. The first-order chi connectivity index (χ1) is 12.8. The Morgan fingerprint density at radius 1 is 0.852 bits per heavy atom. The molecule has 1 aliphatic rings. The monoisotopic (exact) mass is 523 g/mol. The number of aromatic nitrogens is 1. The minimum absolute atomic E-state index is 0. The molecule has 0 atom stereocenters. The summed E-state index contributed by atoms with van der Waals surface area (Å²) in [6, 6.07) is 26.4. The van der Waals surface area contributed by atoms with Crippen molar-refractivity contribution < 1.29 is 20.1 Å². The number of hydrogen-bond acceptors (Lipinski definition) is 1. The van der Waals surface area contributed by atoms with Gasteiger partial charge in [-0.05, 0) is 34.0 Å². The quantitative estimate of drug-likeness (QED) is 0.247. The molecule has 1 aliphatic carbocycles. The summed E-state index contributed by atoms with van der Waals surface area (Å²) in [4.78, 5) is 4.88. The molecule has 1 nitrogen and oxygen atoms in total. The fraction of sp³-hybridized carbons (Fsp3) is 0. The van der Waals surface area contributed by atoms with Gasteiger partial charge in [-0.3, -0.25) is 4.98 Å². The Labute approximate surface area is 172 Å². The van der Waals surface area contributed by atoms with Crippen molar-refractivity contribution in [2.45, 2.75) is 0 Å². The Hall–Kier alpha value is -2.80. The van der Waals surface area contributed by atoms with Crippen LogP contribution in [-0.2, 0) is 20.1 Å². The van der Waals surface area contributed by atoms with Crippen LogP contribution in [0.4, 0.5) is 0 Å². The number of rotatable bonds is 3. The third-order valence-corrected chi connectivity index (χ3v) is 4.90. The van der Waals surface area contributed by atoms with E-state index in [1.54, 1.807) is 0 Å². The molecule has 1 heterocycles. The van der Waals surface area contributed by atoms with Crippen molar-refractivity contribution in [2.24, 2.45) is 0 Å². The summed E-state index contributed by atoms with van der Waals surface area (Å²) >= 11 is 0. The topological polar surface area (TPSA) is 12.9 Å². The average molecular weight is 523 g/mol. The van der Waals surface area contributed by atoms with Crippen molar-refractivity contribution in [1.82, 2.24) is 4.98 Å². The van der Waals surface area contributed by atoms with Crippen LogP contribution in [0.15, 0.2) is 73.3 Å². The summed E-state index contributed by atoms with van der Waals surface area (Å²) < 4.78 is 0. The maximum absolute atomic E-state index is 4.88. The Morgan fingerprint density at radius 2 is 1.67 bits per heavy atom. The molecule has 3 aromatic carbocycles. The summed E-state index contributed by atoms with van der Waals surface area (Å²) in [5.74, 6) is 0. The maximum Gasteiger partial charge on any atom is 0.0607 e. The van der Waals surface area contributed by atoms with Crippen LogP contribution < -0.4 is 0 Å². The van der Waals surface area contributed by atoms with Crippen LogP contribution in [-0.4, -0.2) is 4.98 Å². The van der Waals surface area contributed by atoms with Crippen molar-refractivity contribution in [3.63, 3.8) is 0 Å². The summed E-state index contributed by atoms with van der Waals surface area (Å²) in [6.45, 7) is 3.81. The van der Waals surface area contributed by atoms with Crippen LogP contribution >= 0.6 is 0 Å². The van der Waals surface area contributed by atoms with Crippen molar-refractivity contribution in [3.8, 4) is 22.4 Å². The molecule has 2 heteroatoms. The molecule has 0 spiro atoms. The van der Waals surface area contributed by atoms with E-state index in [0.29, 0.717) is 0 Å². The van der Waals surface area contributed by atoms with Crippen LogP contribution in [0, 0.1) is 6.07 Å². The van der Waals surface area contributed by atoms with Crippen LogP contribution in [0.25, 0.3) is 51.5 Å². The Kier molecular flexibility index (Phi) is 4.61. The third kappa shape index (κ3) is 3.08. The number of benzene rings is 3. The van der Waals surface area contributed by atoms with Crippen molar-refractivity contribution in [1.29, 1.82) is 0 Å². The van der Waals surface area contributed by atoms with Gasteiger partial charge in [-0.2, -0.15) is 0 Å². The molecule has 0 N–H and O–H groups in total. The number of nitrogens with zero attached hydrogens (tertiary/aromatic N) is 1. The second-order valence-corrected chi connectivity index (χ2v) is 6.49. The Bertz CT molecular complexity index is 1190. The van der Waals surface area contributed by atoms with E-state index < -0.39 is 0 Å². The third-order valence-electron chi connectivity index (χ3n) is 4.90. The van der Waals surface area contributed by atoms with Gasteiger partial charge in [-0.25, -0.2) is 0 Å². The van der Waals surface area contributed by atoms with Gasteiger partial charge in [0.05, 0.1) is 5.52 Å². The standard InChI is InChI=1S/C25H16N.Ir/c1-2-17-9-11-18(12-10-17)20-6-3-7-21(15-20)24-16-22-14-13-19-5-4-8-23(26-24)25(19)22;/h2-6,8-16H,1H2;/q-1;. The second kappa shape index (κ2) is 7.07. The van der Waals surface area contributed by atoms with Gasteiger partial charge >= 0.3 is 0 Å². The van der Waals surface area contributed by atoms with Gasteiger partial charge in [0.15, 0.2) is 0 Å². The first-order valence-corrected chi connectivity index (χ1v) is 8.69. The molecule has 4 aromatic rings. The van der Waals surface area contributed by atoms with Gasteiger partial charge in [-0.1, -0.05) is 67.3 Å². The molecular weight excluding hydrogens is 506 g/mol. The van der Waals surface area contributed by atoms with E-state index in [-0.39, 0.29) is 20.1 Å². The summed E-state index contributed by atoms with van der Waals surface area (Å²) in [6.07, 6.45) is 6.18. The van der Waals surface area contributed by atoms with Gasteiger partial charge in [0.2, 0.25) is 0 Å². The molecule has 5 rings (SSSR count). The molecule has 27 heavy (non-hydrogen) atoms. The van der Waals surface area contributed by atoms with Crippen LogP contribution in [0.1, 0.15) is 16.7 Å². The SMILES string of the molecule is C=Cc1ccc(-c2cc[c-]c(-c3cc4c5c(cccc5n3)C=C4)c2)cc1.[Ir]. The molecule has 0 unspecified atom stereocenters. The van der Waals surface area contributed by atoms with E-state index in [9.17, 15) is 0 Å². The summed E-state index contributed by atoms with van der Waals surface area (Å²) in [5, 5.41) is 1.24. The summed E-state index contributed by atoms with van der Waals surface area (Å²) in [5.41, 5.74) is 8.95. The molecule has 131 valence electrons. The van der Waals surface area contributed by atoms with Gasteiger partial charge < -0.3 is 0 Å². The van der Waals surface area contributed by atoms with E-state index in [1.165, 1.54) is 22.1 Å². The van der Waals surface area contributed by atoms with Crippen molar-refractivity contribution in [3.05, 3.63) is 96.1 Å². The zero-order valence-electron chi connectivity index (χ0n) is 14.6. The largest absolute Gasteiger partial charge is 0.296 e. The fourth-order valence-electron chi connectivity index (χ4n) is 3.54. The van der Waals surface area contributed by atoms with Crippen LogP contribution in [0.5, 0.6) is 0 Å². The van der Waals surface area contributed by atoms with Crippen LogP contribution in [0.3, 0.4) is 0 Å². The van der Waals surface area contributed by atoms with E-state index in [4.69, 9.17) is 4.98 Å². The van der Waals surface area contributed by atoms with Crippen molar-refractivity contribution in [2.75, 3.05) is 0 Å². The molecule has 0 fully saturated rings. The minimum atomic E-state index is 0. The predicted octanol–water partition coefficient (Wildman–Crippen LogP) is 6.49. The summed E-state index contributed by atoms with van der Waals surface area (Å²) in [7, 11) is 0. The van der Waals surface area contributed by atoms with E-state index in [0.717, 1.165) is 27.9 Å². The molecule has 1 radical (unpaired) electrons. The van der Waals surface area contributed by atoms with Crippen LogP contribution in [0.2, 0.25) is 0 Å². The second-order valence-electron chi connectivity index (χ2n) is 6.49. The van der Waals surface area contributed by atoms with Gasteiger partial charge in [0, 0.05) is 25.5 Å². The zero-order valence-corrected chi connectivity index (χ0v) is 17.0. The first kappa shape index (κ1) is 17.6. The minimum Gasteiger partial charge on any atom is -0.296 e. The van der Waals surface area contributed by atoms with Crippen molar-refractivity contribution >= 4 is 29.1 Å². The number of hydrogen-bond donors (Lipinski definition) is 0. The predicted molar refractivity (Wildman–Crippen MR) is 110 cm³/mol.